The first-order chi connectivity index (χ1) is 10.2. The third-order valence-electron chi connectivity index (χ3n) is 3.63. The van der Waals surface area contributed by atoms with Gasteiger partial charge < -0.3 is 10.2 Å². The molecule has 0 unspecified atom stereocenters. The second kappa shape index (κ2) is 6.43. The molecule has 1 N–H and O–H groups in total. The Balaban J connectivity index is 2.06. The van der Waals surface area contributed by atoms with Crippen LogP contribution < -0.4 is 5.32 Å². The molecule has 120 valence electrons. The molecule has 0 aliphatic carbocycles. The Labute approximate surface area is 139 Å². The maximum Gasteiger partial charge on any atom is 0.417 e. The zero-order valence-electron chi connectivity index (χ0n) is 11.7. The summed E-state index contributed by atoms with van der Waals surface area (Å²) in [6.45, 7) is -0.000439. The molecule has 22 heavy (non-hydrogen) atoms. The highest BCUT2D eigenvalue weighted by atomic mass is 127. The lowest BCUT2D eigenvalue weighted by atomic mass is 10.1. The van der Waals surface area contributed by atoms with Gasteiger partial charge in [-0.05, 0) is 40.6 Å². The fraction of sp³-hybridized carbons (Fsp3) is 0.429. The van der Waals surface area contributed by atoms with E-state index in [-0.39, 0.29) is 21.9 Å². The van der Waals surface area contributed by atoms with E-state index < -0.39 is 17.8 Å². The summed E-state index contributed by atoms with van der Waals surface area (Å²) in [7, 11) is 1.55. The third kappa shape index (κ3) is 3.53. The van der Waals surface area contributed by atoms with Gasteiger partial charge in [-0.3, -0.25) is 9.59 Å². The summed E-state index contributed by atoms with van der Waals surface area (Å²) in [6, 6.07) is 3.32. The van der Waals surface area contributed by atoms with Crippen molar-refractivity contribution in [2.24, 2.45) is 0 Å². The summed E-state index contributed by atoms with van der Waals surface area (Å²) in [5.41, 5.74) is -0.316. The van der Waals surface area contributed by atoms with E-state index in [0.717, 1.165) is 6.07 Å². The Bertz CT molecular complexity index is 604. The number of nitrogens with one attached hydrogen (secondary N) is 1. The zero-order chi connectivity index (χ0) is 16.5. The lowest BCUT2D eigenvalue weighted by Crippen LogP contribution is -2.42. The number of carbonyl (C=O) groups excluding carboxylic acids is 2. The first-order valence-electron chi connectivity index (χ1n) is 6.59. The number of benzene rings is 1. The summed E-state index contributed by atoms with van der Waals surface area (Å²) in [5.74, 6) is -0.449. The van der Waals surface area contributed by atoms with Gasteiger partial charge in [0.25, 0.3) is 0 Å². The average Bonchev–Trinajstić information content (AvgIpc) is 2.76. The van der Waals surface area contributed by atoms with Gasteiger partial charge in [-0.25, -0.2) is 0 Å². The molecular formula is C14H14F3IN2O2. The molecule has 8 heteroatoms. The number of hydrogen-bond donors (Lipinski definition) is 1. The molecule has 1 fully saturated rings. The Hall–Kier alpha value is -1.32. The quantitative estimate of drug-likeness (QED) is 0.756. The van der Waals surface area contributed by atoms with E-state index in [0.29, 0.717) is 18.4 Å². The highest BCUT2D eigenvalue weighted by molar-refractivity contribution is 14.1. The van der Waals surface area contributed by atoms with Gasteiger partial charge in [0.05, 0.1) is 5.56 Å². The van der Waals surface area contributed by atoms with Crippen LogP contribution in [0, 0.1) is 3.57 Å². The summed E-state index contributed by atoms with van der Waals surface area (Å²) in [4.78, 5) is 24.8. The molecule has 1 aromatic carbocycles. The van der Waals surface area contributed by atoms with E-state index in [1.807, 2.05) is 0 Å². The number of carbonyl (C=O) groups is 2. The summed E-state index contributed by atoms with van der Waals surface area (Å²) in [6.07, 6.45) is -3.68. The number of amides is 2. The maximum absolute atomic E-state index is 12.8. The largest absolute Gasteiger partial charge is 0.417 e. The first-order valence-corrected chi connectivity index (χ1v) is 7.67. The van der Waals surface area contributed by atoms with Crippen molar-refractivity contribution in [3.8, 4) is 0 Å². The fourth-order valence-electron chi connectivity index (χ4n) is 2.35. The molecule has 1 heterocycles. The summed E-state index contributed by atoms with van der Waals surface area (Å²) < 4.78 is 38.6. The van der Waals surface area contributed by atoms with E-state index >= 15 is 0 Å². The predicted octanol–water partition coefficient (Wildman–Crippen LogP) is 2.55. The topological polar surface area (TPSA) is 49.4 Å². The monoisotopic (exact) mass is 426 g/mol. The lowest BCUT2D eigenvalue weighted by Gasteiger charge is -2.19. The minimum Gasteiger partial charge on any atom is -0.350 e. The van der Waals surface area contributed by atoms with Crippen molar-refractivity contribution < 1.29 is 22.8 Å². The number of rotatable bonds is 3. The molecule has 1 atom stereocenters. The molecule has 1 aromatic rings. The number of halogens is 4. The Morgan fingerprint density at radius 1 is 1.45 bits per heavy atom. The van der Waals surface area contributed by atoms with Gasteiger partial charge in [0.2, 0.25) is 11.8 Å². The third-order valence-corrected chi connectivity index (χ3v) is 4.91. The van der Waals surface area contributed by atoms with Crippen LogP contribution in [0.15, 0.2) is 18.2 Å². The van der Waals surface area contributed by atoms with Crippen LogP contribution in [-0.2, 0) is 22.3 Å². The van der Waals surface area contributed by atoms with Gasteiger partial charge >= 0.3 is 6.18 Å². The summed E-state index contributed by atoms with van der Waals surface area (Å²) in [5, 5.41) is 2.61. The van der Waals surface area contributed by atoms with Crippen molar-refractivity contribution in [3.63, 3.8) is 0 Å². The number of hydrogen-bond acceptors (Lipinski definition) is 2. The molecule has 0 aromatic heterocycles. The van der Waals surface area contributed by atoms with Crippen LogP contribution in [-0.4, -0.2) is 29.8 Å². The Morgan fingerprint density at radius 3 is 2.68 bits per heavy atom. The van der Waals surface area contributed by atoms with Crippen molar-refractivity contribution in [2.45, 2.75) is 31.6 Å². The normalized spacial score (nSPS) is 18.7. The Kier molecular flexibility index (Phi) is 4.98. The molecular weight excluding hydrogens is 412 g/mol. The number of nitrogens with zero attached hydrogens (tertiary/aromatic N) is 1. The van der Waals surface area contributed by atoms with E-state index in [1.54, 1.807) is 35.7 Å². The molecule has 4 nitrogen and oxygen atoms in total. The van der Waals surface area contributed by atoms with Crippen LogP contribution >= 0.6 is 22.6 Å². The van der Waals surface area contributed by atoms with Crippen molar-refractivity contribution in [1.82, 2.24) is 10.2 Å². The van der Waals surface area contributed by atoms with Crippen molar-refractivity contribution >= 4 is 34.4 Å². The minimum absolute atomic E-state index is 0.000439. The van der Waals surface area contributed by atoms with Crippen LogP contribution in [0.1, 0.15) is 24.0 Å². The highest BCUT2D eigenvalue weighted by Crippen LogP contribution is 2.34. The average molecular weight is 426 g/mol. The van der Waals surface area contributed by atoms with Crippen LogP contribution in [0.25, 0.3) is 0 Å². The molecule has 0 saturated carbocycles. The standard InChI is InChI=1S/C14H14F3IN2O2/c1-20-10(5-6-11(20)21)13(22)19-7-8-3-2-4-9(12(8)18)14(15,16)17/h2-4,10H,5-7H2,1H3,(H,19,22)/t10-/m0/s1. The van der Waals surface area contributed by atoms with Gasteiger partial charge in [-0.2, -0.15) is 13.2 Å². The van der Waals surface area contributed by atoms with E-state index in [9.17, 15) is 22.8 Å². The zero-order valence-corrected chi connectivity index (χ0v) is 13.9. The molecule has 1 aliphatic heterocycles. The highest BCUT2D eigenvalue weighted by Gasteiger charge is 2.34. The molecule has 0 radical (unpaired) electrons. The SMILES string of the molecule is CN1C(=O)CC[C@H]1C(=O)NCc1cccc(C(F)(F)F)c1I. The second-order valence-corrected chi connectivity index (χ2v) is 6.13. The van der Waals surface area contributed by atoms with Crippen LogP contribution in [0.5, 0.6) is 0 Å². The van der Waals surface area contributed by atoms with Gasteiger partial charge in [0.15, 0.2) is 0 Å². The molecule has 0 bridgehead atoms. The molecule has 0 spiro atoms. The minimum atomic E-state index is -4.42. The van der Waals surface area contributed by atoms with Gasteiger partial charge in [0.1, 0.15) is 6.04 Å². The van der Waals surface area contributed by atoms with Crippen molar-refractivity contribution in [2.75, 3.05) is 7.05 Å². The van der Waals surface area contributed by atoms with Gasteiger partial charge in [0, 0.05) is 23.6 Å². The van der Waals surface area contributed by atoms with Gasteiger partial charge in [-0.15, -0.1) is 0 Å². The van der Waals surface area contributed by atoms with Crippen LogP contribution in [0.4, 0.5) is 13.2 Å². The van der Waals surface area contributed by atoms with Crippen molar-refractivity contribution in [3.05, 3.63) is 32.9 Å². The van der Waals surface area contributed by atoms with E-state index in [4.69, 9.17) is 0 Å². The maximum atomic E-state index is 12.8. The Morgan fingerprint density at radius 2 is 2.14 bits per heavy atom. The number of likely N-dealkylation sites (tertiary alicyclic amines) is 1. The number of alkyl halides is 3. The van der Waals surface area contributed by atoms with Crippen molar-refractivity contribution in [1.29, 1.82) is 0 Å². The van der Waals surface area contributed by atoms with E-state index in [2.05, 4.69) is 5.32 Å². The fourth-order valence-corrected chi connectivity index (χ4v) is 3.20. The van der Waals surface area contributed by atoms with Crippen LogP contribution in [0.3, 0.4) is 0 Å². The molecule has 1 aliphatic rings. The van der Waals surface area contributed by atoms with E-state index in [1.165, 1.54) is 11.0 Å². The molecule has 1 saturated heterocycles. The molecule has 2 amide bonds. The molecule has 2 rings (SSSR count). The number of likely N-dealkylation sites (N-methyl/N-ethyl adjacent to an activating group) is 1. The smallest absolute Gasteiger partial charge is 0.350 e. The lowest BCUT2D eigenvalue weighted by molar-refractivity contribution is -0.138. The van der Waals surface area contributed by atoms with Crippen LogP contribution in [0.2, 0.25) is 0 Å². The summed E-state index contributed by atoms with van der Waals surface area (Å²) >= 11 is 1.63. The first kappa shape index (κ1) is 17.0. The second-order valence-electron chi connectivity index (χ2n) is 5.05. The predicted molar refractivity (Wildman–Crippen MR) is 81.8 cm³/mol. The van der Waals surface area contributed by atoms with Gasteiger partial charge in [-0.1, -0.05) is 12.1 Å².